The van der Waals surface area contributed by atoms with Gasteiger partial charge < -0.3 is 10.2 Å². The average molecular weight is 214 g/mol. The van der Waals surface area contributed by atoms with Crippen LogP contribution in [0.4, 0.5) is 0 Å². The highest BCUT2D eigenvalue weighted by Gasteiger charge is 2.24. The lowest BCUT2D eigenvalue weighted by Crippen LogP contribution is -2.20. The predicted molar refractivity (Wildman–Crippen MR) is 56.7 cm³/mol. The maximum Gasteiger partial charge on any atom is 0.311 e. The van der Waals surface area contributed by atoms with E-state index in [0.29, 0.717) is 6.42 Å². The minimum absolute atomic E-state index is 0.332. The lowest BCUT2D eigenvalue weighted by molar-refractivity contribution is -0.147. The van der Waals surface area contributed by atoms with Crippen LogP contribution in [0, 0.1) is 5.92 Å². The van der Waals surface area contributed by atoms with Gasteiger partial charge in [0.25, 0.3) is 0 Å². The van der Waals surface area contributed by atoms with E-state index in [4.69, 9.17) is 10.2 Å². The first-order valence-corrected chi connectivity index (χ1v) is 5.16. The zero-order valence-corrected chi connectivity index (χ0v) is 9.19. The van der Waals surface area contributed by atoms with E-state index in [1.807, 2.05) is 19.9 Å². The average Bonchev–Trinajstić information content (AvgIpc) is 2.13. The summed E-state index contributed by atoms with van der Waals surface area (Å²) in [4.78, 5) is 21.5. The van der Waals surface area contributed by atoms with E-state index in [-0.39, 0.29) is 6.42 Å². The fourth-order valence-electron chi connectivity index (χ4n) is 1.52. The predicted octanol–water partition coefficient (Wildman–Crippen LogP) is 2.30. The van der Waals surface area contributed by atoms with Crippen molar-refractivity contribution in [3.63, 3.8) is 0 Å². The molecule has 0 aliphatic heterocycles. The Morgan fingerprint density at radius 3 is 2.20 bits per heavy atom. The second-order valence-corrected chi connectivity index (χ2v) is 3.43. The monoisotopic (exact) mass is 214 g/mol. The zero-order chi connectivity index (χ0) is 11.8. The Bertz CT molecular complexity index is 255. The molecule has 0 spiro atoms. The van der Waals surface area contributed by atoms with E-state index in [1.165, 1.54) is 0 Å². The molecule has 0 saturated carbocycles. The summed E-state index contributed by atoms with van der Waals surface area (Å²) in [6.07, 6.45) is 3.71. The number of carboxylic acids is 2. The van der Waals surface area contributed by atoms with Gasteiger partial charge in [-0.2, -0.15) is 0 Å². The topological polar surface area (TPSA) is 74.6 Å². The summed E-state index contributed by atoms with van der Waals surface area (Å²) in [7, 11) is 0. The molecule has 4 heteroatoms. The van der Waals surface area contributed by atoms with Crippen LogP contribution in [0.15, 0.2) is 11.6 Å². The molecule has 0 aliphatic rings. The Labute approximate surface area is 89.6 Å². The zero-order valence-electron chi connectivity index (χ0n) is 9.19. The molecule has 1 atom stereocenters. The van der Waals surface area contributed by atoms with E-state index < -0.39 is 17.9 Å². The maximum absolute atomic E-state index is 10.9. The smallest absolute Gasteiger partial charge is 0.311 e. The van der Waals surface area contributed by atoms with E-state index in [1.54, 1.807) is 0 Å². The van der Waals surface area contributed by atoms with Crippen LogP contribution in [0.25, 0.3) is 0 Å². The molecule has 0 rings (SSSR count). The van der Waals surface area contributed by atoms with Crippen LogP contribution in [0.2, 0.25) is 0 Å². The van der Waals surface area contributed by atoms with Gasteiger partial charge in [0.05, 0.1) is 12.3 Å². The Hall–Kier alpha value is -1.32. The molecule has 0 aliphatic carbocycles. The third kappa shape index (κ3) is 5.20. The fraction of sp³-hybridized carbons (Fsp3) is 0.636. The standard InChI is InChI=1S/C11H18O4/c1-3-5-8(6-4-2)9(11(14)15)7-10(12)13/h5,9H,3-4,6-7H2,1-2H3,(H,12,13)(H,14,15). The van der Waals surface area contributed by atoms with Crippen LogP contribution in [-0.4, -0.2) is 22.2 Å². The van der Waals surface area contributed by atoms with Gasteiger partial charge >= 0.3 is 11.9 Å². The first-order chi connectivity index (χ1) is 7.02. The molecule has 0 aromatic rings. The lowest BCUT2D eigenvalue weighted by Gasteiger charge is -2.14. The normalized spacial score (nSPS) is 13.6. The number of rotatable bonds is 7. The number of carboxylic acid groups (broad SMARTS) is 2. The highest BCUT2D eigenvalue weighted by atomic mass is 16.4. The SMILES string of the molecule is CCC=C(CCC)C(CC(=O)O)C(=O)O. The van der Waals surface area contributed by atoms with Crippen molar-refractivity contribution in [3.8, 4) is 0 Å². The summed E-state index contributed by atoms with van der Waals surface area (Å²) < 4.78 is 0. The molecule has 0 bridgehead atoms. The minimum Gasteiger partial charge on any atom is -0.481 e. The second kappa shape index (κ2) is 7.04. The van der Waals surface area contributed by atoms with Crippen molar-refractivity contribution in [1.82, 2.24) is 0 Å². The molecule has 0 fully saturated rings. The highest BCUT2D eigenvalue weighted by molar-refractivity contribution is 5.80. The lowest BCUT2D eigenvalue weighted by atomic mass is 9.91. The van der Waals surface area contributed by atoms with Crippen LogP contribution in [-0.2, 0) is 9.59 Å². The first kappa shape index (κ1) is 13.7. The van der Waals surface area contributed by atoms with Gasteiger partial charge in [0.2, 0.25) is 0 Å². The number of aliphatic carboxylic acids is 2. The first-order valence-electron chi connectivity index (χ1n) is 5.16. The van der Waals surface area contributed by atoms with Gasteiger partial charge in [-0.15, -0.1) is 0 Å². The molecule has 0 radical (unpaired) electrons. The van der Waals surface area contributed by atoms with Crippen LogP contribution < -0.4 is 0 Å². The molecular weight excluding hydrogens is 196 g/mol. The molecule has 0 aromatic heterocycles. The van der Waals surface area contributed by atoms with Crippen molar-refractivity contribution in [3.05, 3.63) is 11.6 Å². The van der Waals surface area contributed by atoms with Crippen molar-refractivity contribution in [2.75, 3.05) is 0 Å². The maximum atomic E-state index is 10.9. The molecule has 4 nitrogen and oxygen atoms in total. The van der Waals surface area contributed by atoms with E-state index >= 15 is 0 Å². The minimum atomic E-state index is -1.07. The molecule has 0 heterocycles. The summed E-state index contributed by atoms with van der Waals surface area (Å²) in [6.45, 7) is 3.86. The Balaban J connectivity index is 4.75. The Morgan fingerprint density at radius 1 is 1.27 bits per heavy atom. The van der Waals surface area contributed by atoms with E-state index in [9.17, 15) is 9.59 Å². The van der Waals surface area contributed by atoms with Crippen LogP contribution in [0.1, 0.15) is 39.5 Å². The van der Waals surface area contributed by atoms with Gasteiger partial charge in [-0.05, 0) is 12.8 Å². The number of allylic oxidation sites excluding steroid dienone is 1. The van der Waals surface area contributed by atoms with Crippen molar-refractivity contribution in [2.24, 2.45) is 5.92 Å². The van der Waals surface area contributed by atoms with Gasteiger partial charge in [-0.25, -0.2) is 0 Å². The van der Waals surface area contributed by atoms with Crippen molar-refractivity contribution in [1.29, 1.82) is 0 Å². The molecule has 0 amide bonds. The summed E-state index contributed by atoms with van der Waals surface area (Å²) in [5.41, 5.74) is 0.731. The number of hydrogen-bond acceptors (Lipinski definition) is 2. The van der Waals surface area contributed by atoms with Gasteiger partial charge in [-0.3, -0.25) is 9.59 Å². The molecular formula is C11H18O4. The molecule has 15 heavy (non-hydrogen) atoms. The second-order valence-electron chi connectivity index (χ2n) is 3.43. The largest absolute Gasteiger partial charge is 0.481 e. The quantitative estimate of drug-likeness (QED) is 0.637. The molecule has 1 unspecified atom stereocenters. The van der Waals surface area contributed by atoms with Crippen molar-refractivity contribution in [2.45, 2.75) is 39.5 Å². The van der Waals surface area contributed by atoms with Gasteiger partial charge in [0, 0.05) is 0 Å². The molecule has 0 saturated heterocycles. The van der Waals surface area contributed by atoms with Crippen molar-refractivity contribution >= 4 is 11.9 Å². The van der Waals surface area contributed by atoms with E-state index in [0.717, 1.165) is 18.4 Å². The number of carbonyl (C=O) groups is 2. The fourth-order valence-corrected chi connectivity index (χ4v) is 1.52. The van der Waals surface area contributed by atoms with Gasteiger partial charge in [-0.1, -0.05) is 31.9 Å². The van der Waals surface area contributed by atoms with Gasteiger partial charge in [0.15, 0.2) is 0 Å². The van der Waals surface area contributed by atoms with Crippen molar-refractivity contribution < 1.29 is 19.8 Å². The third-order valence-electron chi connectivity index (χ3n) is 2.13. The number of hydrogen-bond donors (Lipinski definition) is 2. The summed E-state index contributed by atoms with van der Waals surface area (Å²) in [6, 6.07) is 0. The third-order valence-corrected chi connectivity index (χ3v) is 2.13. The molecule has 0 aromatic carbocycles. The Morgan fingerprint density at radius 2 is 1.87 bits per heavy atom. The highest BCUT2D eigenvalue weighted by Crippen LogP contribution is 2.21. The van der Waals surface area contributed by atoms with Gasteiger partial charge in [0.1, 0.15) is 0 Å². The van der Waals surface area contributed by atoms with Crippen LogP contribution in [0.5, 0.6) is 0 Å². The van der Waals surface area contributed by atoms with Crippen LogP contribution >= 0.6 is 0 Å². The summed E-state index contributed by atoms with van der Waals surface area (Å²) in [5, 5.41) is 17.6. The molecule has 86 valence electrons. The van der Waals surface area contributed by atoms with E-state index in [2.05, 4.69) is 0 Å². The Kier molecular flexibility index (Phi) is 6.42. The summed E-state index contributed by atoms with van der Waals surface area (Å²) in [5.74, 6) is -2.99. The summed E-state index contributed by atoms with van der Waals surface area (Å²) >= 11 is 0. The van der Waals surface area contributed by atoms with Crippen LogP contribution in [0.3, 0.4) is 0 Å². The molecule has 2 N–H and O–H groups in total.